The fraction of sp³-hybridized carbons (Fsp3) is 0.917. The molecule has 5 nitrogen and oxygen atoms in total. The van der Waals surface area contributed by atoms with Crippen LogP contribution in [0.1, 0.15) is 25.7 Å². The Morgan fingerprint density at radius 1 is 1.41 bits per heavy atom. The third-order valence-corrected chi connectivity index (χ3v) is 3.52. The third kappa shape index (κ3) is 3.66. The molecule has 1 N–H and O–H groups in total. The van der Waals surface area contributed by atoms with E-state index >= 15 is 0 Å². The number of ether oxygens (including phenoxy) is 2. The van der Waals surface area contributed by atoms with Crippen molar-refractivity contribution < 1.29 is 19.4 Å². The average molecular weight is 243 g/mol. The summed E-state index contributed by atoms with van der Waals surface area (Å²) in [4.78, 5) is 13.1. The molecule has 0 radical (unpaired) electrons. The molecule has 2 saturated heterocycles. The molecule has 0 spiro atoms. The Bertz CT molecular complexity index is 253. The number of carboxylic acid groups (broad SMARTS) is 1. The van der Waals surface area contributed by atoms with Crippen LogP contribution in [0.25, 0.3) is 0 Å². The maximum atomic E-state index is 11.0. The van der Waals surface area contributed by atoms with Crippen LogP contribution in [0.15, 0.2) is 0 Å². The summed E-state index contributed by atoms with van der Waals surface area (Å²) < 4.78 is 10.8. The summed E-state index contributed by atoms with van der Waals surface area (Å²) in [6, 6.07) is -0.465. The lowest BCUT2D eigenvalue weighted by Crippen LogP contribution is -2.50. The van der Waals surface area contributed by atoms with Crippen LogP contribution in [0.3, 0.4) is 0 Å². The lowest BCUT2D eigenvalue weighted by Gasteiger charge is -2.32. The van der Waals surface area contributed by atoms with Crippen molar-refractivity contribution in [3.05, 3.63) is 0 Å². The third-order valence-electron chi connectivity index (χ3n) is 3.52. The highest BCUT2D eigenvalue weighted by Crippen LogP contribution is 2.17. The van der Waals surface area contributed by atoms with Gasteiger partial charge >= 0.3 is 5.97 Å². The largest absolute Gasteiger partial charge is 0.480 e. The highest BCUT2D eigenvalue weighted by molar-refractivity contribution is 5.73. The molecule has 0 aromatic heterocycles. The van der Waals surface area contributed by atoms with Gasteiger partial charge in [0, 0.05) is 13.2 Å². The molecule has 0 aliphatic carbocycles. The van der Waals surface area contributed by atoms with Crippen molar-refractivity contribution >= 4 is 5.97 Å². The molecule has 2 aliphatic heterocycles. The lowest BCUT2D eigenvalue weighted by atomic mass is 10.1. The van der Waals surface area contributed by atoms with Crippen LogP contribution in [0.2, 0.25) is 0 Å². The van der Waals surface area contributed by atoms with Gasteiger partial charge in [0.1, 0.15) is 6.04 Å². The zero-order chi connectivity index (χ0) is 12.1. The van der Waals surface area contributed by atoms with Crippen molar-refractivity contribution in [2.75, 3.05) is 32.9 Å². The zero-order valence-corrected chi connectivity index (χ0v) is 10.1. The van der Waals surface area contributed by atoms with Gasteiger partial charge in [0.15, 0.2) is 0 Å². The van der Waals surface area contributed by atoms with E-state index in [2.05, 4.69) is 0 Å². The molecule has 2 fully saturated rings. The molecule has 5 heteroatoms. The topological polar surface area (TPSA) is 59.0 Å². The van der Waals surface area contributed by atoms with Gasteiger partial charge < -0.3 is 14.6 Å². The van der Waals surface area contributed by atoms with Gasteiger partial charge in [-0.25, -0.2) is 0 Å². The molecule has 2 atom stereocenters. The second kappa shape index (κ2) is 6.33. The lowest BCUT2D eigenvalue weighted by molar-refractivity contribution is -0.149. The molecular formula is C12H21NO4. The van der Waals surface area contributed by atoms with Gasteiger partial charge in [-0.05, 0) is 32.2 Å². The van der Waals surface area contributed by atoms with Crippen molar-refractivity contribution in [3.63, 3.8) is 0 Å². The molecule has 0 aromatic rings. The summed E-state index contributed by atoms with van der Waals surface area (Å²) in [5.74, 6) is -0.776. The quantitative estimate of drug-likeness (QED) is 0.771. The monoisotopic (exact) mass is 243 g/mol. The molecule has 2 rings (SSSR count). The van der Waals surface area contributed by atoms with Gasteiger partial charge in [-0.15, -0.1) is 0 Å². The normalized spacial score (nSPS) is 30.6. The van der Waals surface area contributed by atoms with Crippen LogP contribution in [0, 0.1) is 0 Å². The van der Waals surface area contributed by atoms with Gasteiger partial charge in [0.2, 0.25) is 0 Å². The predicted octanol–water partition coefficient (Wildman–Crippen LogP) is 0.731. The number of aliphatic carboxylic acids is 1. The molecule has 2 heterocycles. The van der Waals surface area contributed by atoms with E-state index in [0.29, 0.717) is 19.3 Å². The smallest absolute Gasteiger partial charge is 0.323 e. The fourth-order valence-electron chi connectivity index (χ4n) is 2.53. The van der Waals surface area contributed by atoms with Crippen LogP contribution < -0.4 is 0 Å². The van der Waals surface area contributed by atoms with Crippen LogP contribution in [0.4, 0.5) is 0 Å². The minimum absolute atomic E-state index is 0.315. The number of morpholine rings is 1. The second-order valence-electron chi connectivity index (χ2n) is 4.74. The van der Waals surface area contributed by atoms with Crippen LogP contribution in [-0.2, 0) is 14.3 Å². The van der Waals surface area contributed by atoms with Gasteiger partial charge in [-0.2, -0.15) is 0 Å². The number of carbonyl (C=O) groups is 1. The van der Waals surface area contributed by atoms with Gasteiger partial charge in [0.25, 0.3) is 0 Å². The number of nitrogens with zero attached hydrogens (tertiary/aromatic N) is 1. The number of hydrogen-bond acceptors (Lipinski definition) is 4. The number of rotatable bonds is 5. The van der Waals surface area contributed by atoms with Crippen LogP contribution >= 0.6 is 0 Å². The predicted molar refractivity (Wildman–Crippen MR) is 62.0 cm³/mol. The van der Waals surface area contributed by atoms with E-state index in [-0.39, 0.29) is 0 Å². The molecule has 2 unspecified atom stereocenters. The Kier molecular flexibility index (Phi) is 4.76. The first kappa shape index (κ1) is 12.8. The summed E-state index contributed by atoms with van der Waals surface area (Å²) in [7, 11) is 0. The van der Waals surface area contributed by atoms with Gasteiger partial charge in [0.05, 0.1) is 19.3 Å². The van der Waals surface area contributed by atoms with Gasteiger partial charge in [-0.1, -0.05) is 0 Å². The van der Waals surface area contributed by atoms with E-state index in [9.17, 15) is 4.79 Å². The molecule has 98 valence electrons. The van der Waals surface area contributed by atoms with Gasteiger partial charge in [-0.3, -0.25) is 9.69 Å². The minimum atomic E-state index is -0.776. The first-order chi connectivity index (χ1) is 8.27. The van der Waals surface area contributed by atoms with Crippen molar-refractivity contribution in [2.45, 2.75) is 37.8 Å². The van der Waals surface area contributed by atoms with Crippen molar-refractivity contribution in [3.8, 4) is 0 Å². The van der Waals surface area contributed by atoms with E-state index in [0.717, 1.165) is 39.0 Å². The zero-order valence-electron chi connectivity index (χ0n) is 10.1. The Balaban J connectivity index is 1.70. The van der Waals surface area contributed by atoms with E-state index in [4.69, 9.17) is 14.6 Å². The van der Waals surface area contributed by atoms with Crippen LogP contribution in [-0.4, -0.2) is 61.0 Å². The minimum Gasteiger partial charge on any atom is -0.480 e. The fourth-order valence-corrected chi connectivity index (χ4v) is 2.53. The molecule has 0 amide bonds. The Labute approximate surface area is 102 Å². The first-order valence-corrected chi connectivity index (χ1v) is 6.43. The number of carboxylic acids is 1. The molecule has 17 heavy (non-hydrogen) atoms. The molecular weight excluding hydrogens is 222 g/mol. The molecule has 2 aliphatic rings. The van der Waals surface area contributed by atoms with Crippen molar-refractivity contribution in [1.82, 2.24) is 4.90 Å². The van der Waals surface area contributed by atoms with Crippen LogP contribution in [0.5, 0.6) is 0 Å². The van der Waals surface area contributed by atoms with E-state index in [1.54, 1.807) is 0 Å². The molecule has 0 saturated carbocycles. The molecule has 0 aromatic carbocycles. The number of hydrogen-bond donors (Lipinski definition) is 1. The SMILES string of the molecule is O=C(O)C1COCCN1CCCC1CCCO1. The van der Waals surface area contributed by atoms with E-state index < -0.39 is 12.0 Å². The highest BCUT2D eigenvalue weighted by atomic mass is 16.5. The van der Waals surface area contributed by atoms with Crippen molar-refractivity contribution in [2.24, 2.45) is 0 Å². The Morgan fingerprint density at radius 3 is 3.00 bits per heavy atom. The summed E-state index contributed by atoms with van der Waals surface area (Å²) in [5, 5.41) is 9.07. The maximum Gasteiger partial charge on any atom is 0.323 e. The summed E-state index contributed by atoms with van der Waals surface area (Å²) in [5.41, 5.74) is 0. The first-order valence-electron chi connectivity index (χ1n) is 6.43. The summed E-state index contributed by atoms with van der Waals surface area (Å²) in [6.07, 6.45) is 4.78. The Morgan fingerprint density at radius 2 is 2.29 bits per heavy atom. The average Bonchev–Trinajstić information content (AvgIpc) is 2.82. The van der Waals surface area contributed by atoms with E-state index in [1.165, 1.54) is 6.42 Å². The second-order valence-corrected chi connectivity index (χ2v) is 4.74. The van der Waals surface area contributed by atoms with Crippen molar-refractivity contribution in [1.29, 1.82) is 0 Å². The summed E-state index contributed by atoms with van der Waals surface area (Å²) in [6.45, 7) is 3.40. The molecule has 0 bridgehead atoms. The maximum absolute atomic E-state index is 11.0. The Hall–Kier alpha value is -0.650. The standard InChI is InChI=1S/C12H21NO4/c14-12(15)11-9-16-8-6-13(11)5-1-3-10-4-2-7-17-10/h10-11H,1-9H2,(H,14,15). The highest BCUT2D eigenvalue weighted by Gasteiger charge is 2.28. The van der Waals surface area contributed by atoms with E-state index in [1.807, 2.05) is 4.90 Å². The summed E-state index contributed by atoms with van der Waals surface area (Å²) >= 11 is 0.